The molecule has 1 aromatic carbocycles. The normalized spacial score (nSPS) is 38.2. The minimum atomic E-state index is -2.04. The molecule has 1 aromatic rings. The number of carbonyl (C=O) groups excluding carboxylic acids is 4. The van der Waals surface area contributed by atoms with Crippen molar-refractivity contribution >= 4 is 23.9 Å². The number of ether oxygens (including phenoxy) is 6. The zero-order chi connectivity index (χ0) is 36.5. The van der Waals surface area contributed by atoms with Gasteiger partial charge in [0.25, 0.3) is 0 Å². The highest BCUT2D eigenvalue weighted by atomic mass is 16.7. The van der Waals surface area contributed by atoms with Crippen LogP contribution in [-0.2, 0) is 42.8 Å². The van der Waals surface area contributed by atoms with Crippen molar-refractivity contribution in [3.05, 3.63) is 47.0 Å². The van der Waals surface area contributed by atoms with Crippen LogP contribution in [0.4, 0.5) is 0 Å². The summed E-state index contributed by atoms with van der Waals surface area (Å²) in [7, 11) is 0. The van der Waals surface area contributed by atoms with Crippen LogP contribution in [0.3, 0.4) is 0 Å². The van der Waals surface area contributed by atoms with Crippen molar-refractivity contribution < 1.29 is 62.9 Å². The molecule has 5 rings (SSSR count). The second kappa shape index (κ2) is 12.4. The van der Waals surface area contributed by atoms with Crippen LogP contribution < -0.4 is 0 Å². The second-order valence-corrected chi connectivity index (χ2v) is 15.1. The van der Waals surface area contributed by atoms with Crippen molar-refractivity contribution in [3.63, 3.8) is 0 Å². The van der Waals surface area contributed by atoms with Gasteiger partial charge in [-0.15, -0.1) is 0 Å². The van der Waals surface area contributed by atoms with Gasteiger partial charge in [-0.05, 0) is 64.3 Å². The first-order chi connectivity index (χ1) is 22.6. The first-order valence-electron chi connectivity index (χ1n) is 16.5. The van der Waals surface area contributed by atoms with Gasteiger partial charge >= 0.3 is 23.9 Å². The zero-order valence-corrected chi connectivity index (χ0v) is 29.5. The Bertz CT molecular complexity index is 1530. The highest BCUT2D eigenvalue weighted by Crippen LogP contribution is 2.67. The van der Waals surface area contributed by atoms with Crippen LogP contribution in [0.2, 0.25) is 0 Å². The number of rotatable bonds is 6. The maximum atomic E-state index is 14.0. The summed E-state index contributed by atoms with van der Waals surface area (Å²) >= 11 is 0. The highest BCUT2D eigenvalue weighted by molar-refractivity contribution is 5.89. The van der Waals surface area contributed by atoms with E-state index in [1.165, 1.54) is 39.8 Å². The van der Waals surface area contributed by atoms with Crippen LogP contribution in [0.1, 0.15) is 85.5 Å². The van der Waals surface area contributed by atoms with Crippen LogP contribution in [0.25, 0.3) is 0 Å². The average molecular weight is 689 g/mol. The molecule has 10 unspecified atom stereocenters. The first kappa shape index (κ1) is 36.9. The number of fused-ring (bicyclic) bond motifs is 4. The fraction of sp³-hybridized carbons (Fsp3) is 0.667. The maximum Gasteiger partial charge on any atom is 0.338 e. The lowest BCUT2D eigenvalue weighted by Gasteiger charge is -2.63. The predicted octanol–water partition coefficient (Wildman–Crippen LogP) is 2.77. The van der Waals surface area contributed by atoms with Crippen LogP contribution in [-0.4, -0.2) is 99.4 Å². The summed E-state index contributed by atoms with van der Waals surface area (Å²) in [6, 6.07) is 8.08. The summed E-state index contributed by atoms with van der Waals surface area (Å²) in [5.74, 6) is -5.68. The van der Waals surface area contributed by atoms with Crippen LogP contribution in [0.5, 0.6) is 0 Å². The molecule has 1 saturated heterocycles. The van der Waals surface area contributed by atoms with Gasteiger partial charge in [-0.1, -0.05) is 25.1 Å². The summed E-state index contributed by atoms with van der Waals surface area (Å²) < 4.78 is 37.0. The van der Waals surface area contributed by atoms with E-state index in [4.69, 9.17) is 28.4 Å². The Morgan fingerprint density at radius 2 is 1.47 bits per heavy atom. The molecule has 1 heterocycles. The molecule has 49 heavy (non-hydrogen) atoms. The monoisotopic (exact) mass is 688 g/mol. The summed E-state index contributed by atoms with van der Waals surface area (Å²) in [6.07, 6.45) is -8.48. The third-order valence-corrected chi connectivity index (χ3v) is 11.1. The molecule has 3 fully saturated rings. The molecule has 0 bridgehead atoms. The molecule has 3 N–H and O–H groups in total. The number of hydrogen-bond acceptors (Lipinski definition) is 13. The molecule has 4 aliphatic rings. The Morgan fingerprint density at radius 3 is 2.02 bits per heavy atom. The number of hydrogen-bond donors (Lipinski definition) is 3. The van der Waals surface area contributed by atoms with E-state index in [-0.39, 0.29) is 36.2 Å². The number of benzene rings is 1. The van der Waals surface area contributed by atoms with Gasteiger partial charge in [0.15, 0.2) is 18.0 Å². The molecule has 0 radical (unpaired) electrons. The van der Waals surface area contributed by atoms with E-state index in [9.17, 15) is 34.5 Å². The lowest BCUT2D eigenvalue weighted by Crippen LogP contribution is -2.76. The standard InChI is InChI=1S/C36H48O13/c1-18-23(40)16-35(32(5,6)42)26(18)27(48-31(41)22-13-11-10-12-14-22)29(46-20(3)38)34(9)24(45-19(2)37)15-25-36(43,17-44-33(7,8)49-25)28(34)30(35)47-21(4)39/h10-14,23-25,27-30,40,42-43H,15-17H2,1-9H3. The highest BCUT2D eigenvalue weighted by Gasteiger charge is 2.78. The smallest absolute Gasteiger partial charge is 0.338 e. The molecule has 1 aliphatic heterocycles. The minimum absolute atomic E-state index is 0.115. The lowest BCUT2D eigenvalue weighted by atomic mass is 9.50. The van der Waals surface area contributed by atoms with Crippen molar-refractivity contribution in [1.82, 2.24) is 0 Å². The zero-order valence-electron chi connectivity index (χ0n) is 29.5. The number of esters is 4. The van der Waals surface area contributed by atoms with E-state index in [0.717, 1.165) is 6.92 Å². The van der Waals surface area contributed by atoms with Gasteiger partial charge in [0.1, 0.15) is 17.8 Å². The number of aliphatic hydroxyl groups excluding tert-OH is 1. The Balaban J connectivity index is 1.93. The second-order valence-electron chi connectivity index (χ2n) is 15.1. The van der Waals surface area contributed by atoms with Gasteiger partial charge in [-0.2, -0.15) is 0 Å². The molecule has 13 nitrogen and oxygen atoms in total. The fourth-order valence-electron chi connectivity index (χ4n) is 9.04. The van der Waals surface area contributed by atoms with E-state index < -0.39 is 94.2 Å². The summed E-state index contributed by atoms with van der Waals surface area (Å²) in [4.78, 5) is 53.1. The van der Waals surface area contributed by atoms with E-state index in [1.807, 2.05) is 0 Å². The SMILES string of the molecule is CC(=O)OC1CC2OC(C)(C)OCC2(O)C2C(OC(C)=O)C3(C(C)(C)O)CC(O)C(C)=C3C(OC(=O)c3ccccc3)C(OC(C)=O)C12C. The Hall–Kier alpha value is -3.36. The lowest BCUT2D eigenvalue weighted by molar-refractivity contribution is -0.385. The van der Waals surface area contributed by atoms with Crippen molar-refractivity contribution in [2.45, 2.75) is 129 Å². The predicted molar refractivity (Wildman–Crippen MR) is 170 cm³/mol. The third kappa shape index (κ3) is 5.97. The molecule has 13 heteroatoms. The molecule has 0 spiro atoms. The van der Waals surface area contributed by atoms with Gasteiger partial charge in [0.2, 0.25) is 0 Å². The average Bonchev–Trinajstić information content (AvgIpc) is 3.22. The van der Waals surface area contributed by atoms with Crippen LogP contribution in [0, 0.1) is 16.7 Å². The third-order valence-electron chi connectivity index (χ3n) is 11.1. The van der Waals surface area contributed by atoms with Gasteiger partial charge in [0.05, 0.1) is 40.8 Å². The van der Waals surface area contributed by atoms with E-state index in [0.29, 0.717) is 0 Å². The van der Waals surface area contributed by atoms with E-state index >= 15 is 0 Å². The number of aliphatic hydroxyl groups is 3. The Labute approximate surface area is 285 Å². The summed E-state index contributed by atoms with van der Waals surface area (Å²) in [5, 5.41) is 36.9. The largest absolute Gasteiger partial charge is 0.462 e. The maximum absolute atomic E-state index is 14.0. The first-order valence-corrected chi connectivity index (χ1v) is 16.5. The van der Waals surface area contributed by atoms with Crippen LogP contribution in [0.15, 0.2) is 41.5 Å². The van der Waals surface area contributed by atoms with Crippen molar-refractivity contribution in [2.24, 2.45) is 16.7 Å². The Morgan fingerprint density at radius 1 is 0.898 bits per heavy atom. The van der Waals surface area contributed by atoms with E-state index in [2.05, 4.69) is 0 Å². The van der Waals surface area contributed by atoms with Gasteiger partial charge in [-0.3, -0.25) is 14.4 Å². The Kier molecular flexibility index (Phi) is 9.38. The van der Waals surface area contributed by atoms with Crippen molar-refractivity contribution in [2.75, 3.05) is 6.61 Å². The molecular formula is C36H48O13. The van der Waals surface area contributed by atoms with Gasteiger partial charge < -0.3 is 43.7 Å². The molecule has 2 saturated carbocycles. The summed E-state index contributed by atoms with van der Waals surface area (Å²) in [6.45, 7) is 12.6. The van der Waals surface area contributed by atoms with Crippen molar-refractivity contribution in [1.29, 1.82) is 0 Å². The fourth-order valence-corrected chi connectivity index (χ4v) is 9.04. The molecule has 270 valence electrons. The molecule has 3 aliphatic carbocycles. The van der Waals surface area contributed by atoms with Gasteiger partial charge in [-0.25, -0.2) is 4.79 Å². The molecule has 0 amide bonds. The molecule has 0 aromatic heterocycles. The summed E-state index contributed by atoms with van der Waals surface area (Å²) in [5.41, 5.74) is -6.80. The molecule has 10 atom stereocenters. The van der Waals surface area contributed by atoms with E-state index in [1.54, 1.807) is 45.9 Å². The van der Waals surface area contributed by atoms with Crippen LogP contribution >= 0.6 is 0 Å². The van der Waals surface area contributed by atoms with Crippen molar-refractivity contribution in [3.8, 4) is 0 Å². The minimum Gasteiger partial charge on any atom is -0.462 e. The molecular weight excluding hydrogens is 640 g/mol. The topological polar surface area (TPSA) is 184 Å². The number of carbonyl (C=O) groups is 4. The quantitative estimate of drug-likeness (QED) is 0.225. The van der Waals surface area contributed by atoms with Gasteiger partial charge in [0, 0.05) is 33.1 Å².